The van der Waals surface area contributed by atoms with Gasteiger partial charge in [-0.3, -0.25) is 9.59 Å². The summed E-state index contributed by atoms with van der Waals surface area (Å²) < 4.78 is 11.5. The van der Waals surface area contributed by atoms with Crippen molar-refractivity contribution < 1.29 is 29.3 Å². The predicted molar refractivity (Wildman–Crippen MR) is 140 cm³/mol. The highest BCUT2D eigenvalue weighted by Crippen LogP contribution is 2.40. The number of aryl methyl sites for hydroxylation is 1. The summed E-state index contributed by atoms with van der Waals surface area (Å²) in [5, 5.41) is 20.4. The van der Waals surface area contributed by atoms with Gasteiger partial charge in [0.15, 0.2) is 0 Å². The monoisotopic (exact) mass is 501 g/mol. The Bertz CT molecular complexity index is 1300. The molecule has 0 radical (unpaired) electrons. The summed E-state index contributed by atoms with van der Waals surface area (Å²) in [6, 6.07) is 21.3. The van der Waals surface area contributed by atoms with Crippen molar-refractivity contribution in [2.24, 2.45) is 0 Å². The Morgan fingerprint density at radius 1 is 0.973 bits per heavy atom. The molecular weight excluding hydrogens is 470 g/mol. The van der Waals surface area contributed by atoms with E-state index in [1.807, 2.05) is 44.2 Å². The van der Waals surface area contributed by atoms with Crippen LogP contribution in [0.3, 0.4) is 0 Å². The number of nitrogens with zero attached hydrogens (tertiary/aromatic N) is 1. The van der Waals surface area contributed by atoms with Crippen molar-refractivity contribution in [3.05, 3.63) is 101 Å². The largest absolute Gasteiger partial charge is 0.507 e. The van der Waals surface area contributed by atoms with E-state index >= 15 is 0 Å². The van der Waals surface area contributed by atoms with Crippen molar-refractivity contribution in [3.8, 4) is 11.5 Å². The zero-order chi connectivity index (χ0) is 26.4. The van der Waals surface area contributed by atoms with Crippen LogP contribution < -0.4 is 9.47 Å². The van der Waals surface area contributed by atoms with Crippen molar-refractivity contribution in [2.45, 2.75) is 32.9 Å². The first-order valence-electron chi connectivity index (χ1n) is 12.3. The van der Waals surface area contributed by atoms with Crippen molar-refractivity contribution in [1.29, 1.82) is 0 Å². The van der Waals surface area contributed by atoms with Crippen LogP contribution >= 0.6 is 0 Å². The summed E-state index contributed by atoms with van der Waals surface area (Å²) in [6.07, 6.45) is 0.650. The first kappa shape index (κ1) is 26.0. The van der Waals surface area contributed by atoms with Crippen LogP contribution in [0.15, 0.2) is 78.4 Å². The molecule has 3 aromatic carbocycles. The highest BCUT2D eigenvalue weighted by Gasteiger charge is 2.45. The number of rotatable bonds is 10. The van der Waals surface area contributed by atoms with Gasteiger partial charge >= 0.3 is 0 Å². The number of ether oxygens (including phenoxy) is 2. The van der Waals surface area contributed by atoms with Gasteiger partial charge in [-0.1, -0.05) is 49.4 Å². The van der Waals surface area contributed by atoms with Gasteiger partial charge in [-0.15, -0.1) is 0 Å². The van der Waals surface area contributed by atoms with E-state index in [-0.39, 0.29) is 24.5 Å². The number of aliphatic hydroxyl groups excluding tert-OH is 2. The summed E-state index contributed by atoms with van der Waals surface area (Å²) in [5.41, 5.74) is 2.94. The van der Waals surface area contributed by atoms with E-state index in [1.165, 1.54) is 4.90 Å². The van der Waals surface area contributed by atoms with Gasteiger partial charge in [-0.05, 0) is 60.4 Å². The third kappa shape index (κ3) is 5.67. The molecule has 7 nitrogen and oxygen atoms in total. The molecule has 1 fully saturated rings. The zero-order valence-corrected chi connectivity index (χ0v) is 21.0. The Balaban J connectivity index is 1.69. The van der Waals surface area contributed by atoms with Crippen LogP contribution in [0.2, 0.25) is 0 Å². The zero-order valence-electron chi connectivity index (χ0n) is 21.0. The molecular formula is C30H31NO6. The highest BCUT2D eigenvalue weighted by atomic mass is 16.5. The number of hydrogen-bond acceptors (Lipinski definition) is 6. The number of aliphatic hydroxyl groups is 2. The maximum atomic E-state index is 13.2. The molecule has 1 amide bonds. The van der Waals surface area contributed by atoms with E-state index in [9.17, 15) is 14.7 Å². The number of likely N-dealkylation sites (tertiary alicyclic amines) is 1. The number of ketones is 1. The Hall–Kier alpha value is -4.10. The third-order valence-electron chi connectivity index (χ3n) is 6.22. The van der Waals surface area contributed by atoms with Crippen LogP contribution in [0.5, 0.6) is 11.5 Å². The molecule has 1 atom stereocenters. The lowest BCUT2D eigenvalue weighted by Crippen LogP contribution is -2.30. The molecule has 0 spiro atoms. The van der Waals surface area contributed by atoms with Gasteiger partial charge in [0.25, 0.3) is 11.7 Å². The van der Waals surface area contributed by atoms with Gasteiger partial charge in [0.2, 0.25) is 0 Å². The molecule has 0 aromatic heterocycles. The van der Waals surface area contributed by atoms with E-state index in [0.717, 1.165) is 11.1 Å². The molecule has 0 bridgehead atoms. The van der Waals surface area contributed by atoms with E-state index in [1.54, 1.807) is 42.5 Å². The predicted octanol–water partition coefficient (Wildman–Crippen LogP) is 4.78. The molecule has 4 rings (SSSR count). The Morgan fingerprint density at radius 2 is 1.76 bits per heavy atom. The van der Waals surface area contributed by atoms with E-state index in [4.69, 9.17) is 14.6 Å². The van der Waals surface area contributed by atoms with Crippen LogP contribution in [0.1, 0.15) is 41.6 Å². The average molecular weight is 502 g/mol. The van der Waals surface area contributed by atoms with Crippen LogP contribution in [0.25, 0.3) is 5.76 Å². The molecule has 0 aliphatic carbocycles. The molecule has 1 aliphatic heterocycles. The fourth-order valence-electron chi connectivity index (χ4n) is 4.49. The molecule has 3 aromatic rings. The van der Waals surface area contributed by atoms with E-state index in [2.05, 4.69) is 0 Å². The topological polar surface area (TPSA) is 96.3 Å². The second kappa shape index (κ2) is 11.8. The maximum Gasteiger partial charge on any atom is 0.295 e. The summed E-state index contributed by atoms with van der Waals surface area (Å²) >= 11 is 0. The van der Waals surface area contributed by atoms with Crippen LogP contribution in [-0.4, -0.2) is 46.6 Å². The summed E-state index contributed by atoms with van der Waals surface area (Å²) in [5.74, 6) is -0.433. The molecule has 1 saturated heterocycles. The molecule has 192 valence electrons. The average Bonchev–Trinajstić information content (AvgIpc) is 3.17. The van der Waals surface area contributed by atoms with Crippen molar-refractivity contribution >= 4 is 17.4 Å². The summed E-state index contributed by atoms with van der Waals surface area (Å²) in [6.45, 7) is 4.54. The number of amides is 1. The lowest BCUT2D eigenvalue weighted by atomic mass is 9.94. The molecule has 1 heterocycles. The minimum absolute atomic E-state index is 0.0371. The minimum atomic E-state index is -0.757. The normalized spacial score (nSPS) is 16.7. The standard InChI is InChI=1S/C30H31NO6/c1-3-14-31-27(22-10-7-11-24(18-22)36-16-15-32)26(29(34)30(31)35)28(33)23-12-13-25(20(2)17-23)37-19-21-8-5-4-6-9-21/h4-13,17-18,27,32-33H,3,14-16,19H2,1-2H3/b28-26+. The fraction of sp³-hybridized carbons (Fsp3) is 0.267. The molecule has 1 unspecified atom stereocenters. The fourth-order valence-corrected chi connectivity index (χ4v) is 4.49. The second-order valence-electron chi connectivity index (χ2n) is 8.89. The smallest absolute Gasteiger partial charge is 0.295 e. The number of Topliss-reactive ketones (excluding diaryl/α,β-unsaturated/α-hetero) is 1. The lowest BCUT2D eigenvalue weighted by Gasteiger charge is -2.25. The second-order valence-corrected chi connectivity index (χ2v) is 8.89. The van der Waals surface area contributed by atoms with Crippen molar-refractivity contribution in [2.75, 3.05) is 19.8 Å². The first-order chi connectivity index (χ1) is 17.9. The summed E-state index contributed by atoms with van der Waals surface area (Å²) in [7, 11) is 0. The number of carbonyl (C=O) groups excluding carboxylic acids is 2. The molecule has 37 heavy (non-hydrogen) atoms. The molecule has 7 heteroatoms. The van der Waals surface area contributed by atoms with E-state index < -0.39 is 17.7 Å². The van der Waals surface area contributed by atoms with Gasteiger partial charge in [0.05, 0.1) is 18.2 Å². The van der Waals surface area contributed by atoms with Gasteiger partial charge in [-0.2, -0.15) is 0 Å². The van der Waals surface area contributed by atoms with Gasteiger partial charge in [0, 0.05) is 12.1 Å². The van der Waals surface area contributed by atoms with Gasteiger partial charge in [-0.25, -0.2) is 0 Å². The van der Waals surface area contributed by atoms with Crippen molar-refractivity contribution in [1.82, 2.24) is 4.90 Å². The number of hydrogen-bond donors (Lipinski definition) is 2. The van der Waals surface area contributed by atoms with E-state index in [0.29, 0.717) is 42.2 Å². The van der Waals surface area contributed by atoms with Crippen LogP contribution in [0, 0.1) is 6.92 Å². The Kier molecular flexibility index (Phi) is 8.25. The summed E-state index contributed by atoms with van der Waals surface area (Å²) in [4.78, 5) is 27.6. The van der Waals surface area contributed by atoms with Crippen molar-refractivity contribution in [3.63, 3.8) is 0 Å². The maximum absolute atomic E-state index is 13.2. The number of carbonyl (C=O) groups is 2. The molecule has 1 aliphatic rings. The third-order valence-corrected chi connectivity index (χ3v) is 6.22. The Morgan fingerprint density at radius 3 is 2.46 bits per heavy atom. The highest BCUT2D eigenvalue weighted by molar-refractivity contribution is 6.46. The lowest BCUT2D eigenvalue weighted by molar-refractivity contribution is -0.139. The first-order valence-corrected chi connectivity index (χ1v) is 12.3. The minimum Gasteiger partial charge on any atom is -0.507 e. The van der Waals surface area contributed by atoms with Crippen LogP contribution in [0.4, 0.5) is 0 Å². The quantitative estimate of drug-likeness (QED) is 0.236. The molecule has 0 saturated carbocycles. The van der Waals surface area contributed by atoms with Gasteiger partial charge < -0.3 is 24.6 Å². The number of benzene rings is 3. The van der Waals surface area contributed by atoms with Crippen LogP contribution in [-0.2, 0) is 16.2 Å². The Labute approximate surface area is 216 Å². The molecule has 2 N–H and O–H groups in total. The SMILES string of the molecule is CCCN1C(=O)C(=O)/C(=C(/O)c2ccc(OCc3ccccc3)c(C)c2)C1c1cccc(OCCO)c1. The van der Waals surface area contributed by atoms with Gasteiger partial charge in [0.1, 0.15) is 30.5 Å².